The number of carbonyl (C=O) groups excluding carboxylic acids is 1. The summed E-state index contributed by atoms with van der Waals surface area (Å²) >= 11 is 0. The van der Waals surface area contributed by atoms with Crippen molar-refractivity contribution in [1.82, 2.24) is 9.88 Å². The third-order valence-corrected chi connectivity index (χ3v) is 7.07. The molecular formula is C33H33N3O. The molecule has 0 spiro atoms. The number of amides is 1. The molecule has 0 aliphatic heterocycles. The molecule has 0 atom stereocenters. The molecule has 0 saturated heterocycles. The van der Waals surface area contributed by atoms with Crippen molar-refractivity contribution < 1.29 is 4.79 Å². The van der Waals surface area contributed by atoms with E-state index in [0.29, 0.717) is 5.56 Å². The van der Waals surface area contributed by atoms with Gasteiger partial charge in [-0.1, -0.05) is 60.7 Å². The Balaban J connectivity index is 1.22. The number of benzene rings is 4. The largest absolute Gasteiger partial charge is 0.350 e. The van der Waals surface area contributed by atoms with Gasteiger partial charge in [-0.05, 0) is 90.5 Å². The first-order chi connectivity index (χ1) is 18.0. The normalized spacial score (nSPS) is 11.1. The average molecular weight is 488 g/mol. The Morgan fingerprint density at radius 2 is 1.57 bits per heavy atom. The molecule has 2 N–H and O–H groups in total. The molecule has 1 heterocycles. The minimum atomic E-state index is -0.0909. The molecule has 0 saturated carbocycles. The van der Waals surface area contributed by atoms with E-state index in [9.17, 15) is 4.79 Å². The maximum Gasteiger partial charge on any atom is 0.255 e. The van der Waals surface area contributed by atoms with E-state index >= 15 is 0 Å². The molecule has 1 amide bonds. The lowest BCUT2D eigenvalue weighted by Crippen LogP contribution is -2.16. The zero-order valence-electron chi connectivity index (χ0n) is 21.7. The van der Waals surface area contributed by atoms with Crippen LogP contribution in [0, 0.1) is 13.8 Å². The maximum atomic E-state index is 13.0. The van der Waals surface area contributed by atoms with Crippen molar-refractivity contribution in [2.75, 3.05) is 11.9 Å². The Bertz CT molecular complexity index is 1530. The van der Waals surface area contributed by atoms with E-state index in [0.717, 1.165) is 41.7 Å². The van der Waals surface area contributed by atoms with Crippen LogP contribution in [-0.4, -0.2) is 17.0 Å². The van der Waals surface area contributed by atoms with Crippen LogP contribution in [0.1, 0.15) is 32.6 Å². The summed E-state index contributed by atoms with van der Waals surface area (Å²) in [7, 11) is 2.05. The Hall–Kier alpha value is -4.15. The summed E-state index contributed by atoms with van der Waals surface area (Å²) in [6.07, 6.45) is 3.11. The van der Waals surface area contributed by atoms with Gasteiger partial charge in [-0.3, -0.25) is 4.79 Å². The minimum Gasteiger partial charge on any atom is -0.350 e. The topological polar surface area (TPSA) is 46.1 Å². The Morgan fingerprint density at radius 3 is 2.32 bits per heavy atom. The molecule has 186 valence electrons. The van der Waals surface area contributed by atoms with Gasteiger partial charge in [-0.25, -0.2) is 0 Å². The third-order valence-electron chi connectivity index (χ3n) is 7.07. The van der Waals surface area contributed by atoms with E-state index in [4.69, 9.17) is 0 Å². The van der Waals surface area contributed by atoms with Gasteiger partial charge in [0.25, 0.3) is 5.91 Å². The molecule has 0 fully saturated rings. The highest BCUT2D eigenvalue weighted by Gasteiger charge is 2.12. The number of carbonyl (C=O) groups is 1. The number of hydrogen-bond donors (Lipinski definition) is 2. The van der Waals surface area contributed by atoms with Crippen molar-refractivity contribution in [1.29, 1.82) is 0 Å². The number of rotatable bonds is 8. The van der Waals surface area contributed by atoms with Crippen molar-refractivity contribution in [2.24, 2.45) is 7.05 Å². The fourth-order valence-corrected chi connectivity index (χ4v) is 4.73. The van der Waals surface area contributed by atoms with Crippen molar-refractivity contribution >= 4 is 22.5 Å². The van der Waals surface area contributed by atoms with Gasteiger partial charge in [0.15, 0.2) is 0 Å². The first kappa shape index (κ1) is 24.5. The molecule has 5 aromatic rings. The van der Waals surface area contributed by atoms with Gasteiger partial charge in [0, 0.05) is 41.9 Å². The van der Waals surface area contributed by atoms with Crippen LogP contribution in [0.2, 0.25) is 0 Å². The van der Waals surface area contributed by atoms with Crippen LogP contribution in [0.15, 0.2) is 97.2 Å². The second kappa shape index (κ2) is 10.9. The Labute approximate surface area is 219 Å². The summed E-state index contributed by atoms with van der Waals surface area (Å²) in [4.78, 5) is 13.0. The van der Waals surface area contributed by atoms with E-state index in [1.165, 1.54) is 27.8 Å². The van der Waals surface area contributed by atoms with E-state index < -0.39 is 0 Å². The second-order valence-corrected chi connectivity index (χ2v) is 9.74. The van der Waals surface area contributed by atoms with Crippen LogP contribution in [0.3, 0.4) is 0 Å². The van der Waals surface area contributed by atoms with E-state index in [-0.39, 0.29) is 5.91 Å². The first-order valence-electron chi connectivity index (χ1n) is 12.8. The number of anilines is 1. The Kier molecular flexibility index (Phi) is 7.20. The number of nitrogens with one attached hydrogen (secondary N) is 2. The number of hydrogen-bond acceptors (Lipinski definition) is 2. The maximum absolute atomic E-state index is 13.0. The number of nitrogens with zero attached hydrogens (tertiary/aromatic N) is 1. The highest BCUT2D eigenvalue weighted by molar-refractivity contribution is 6.06. The van der Waals surface area contributed by atoms with E-state index in [1.807, 2.05) is 42.5 Å². The van der Waals surface area contributed by atoms with Gasteiger partial charge >= 0.3 is 0 Å². The first-order valence-corrected chi connectivity index (χ1v) is 12.8. The van der Waals surface area contributed by atoms with E-state index in [1.54, 1.807) is 0 Å². The van der Waals surface area contributed by atoms with Crippen LogP contribution in [0.4, 0.5) is 5.69 Å². The van der Waals surface area contributed by atoms with Crippen molar-refractivity contribution in [3.05, 3.63) is 125 Å². The lowest BCUT2D eigenvalue weighted by molar-refractivity contribution is 0.102. The van der Waals surface area contributed by atoms with Crippen molar-refractivity contribution in [3.8, 4) is 11.1 Å². The number of aryl methyl sites for hydroxylation is 3. The highest BCUT2D eigenvalue weighted by atomic mass is 16.1. The van der Waals surface area contributed by atoms with Gasteiger partial charge in [-0.15, -0.1) is 0 Å². The number of aromatic nitrogens is 1. The molecule has 0 aliphatic carbocycles. The minimum absolute atomic E-state index is 0.0909. The molecule has 0 unspecified atom stereocenters. The second-order valence-electron chi connectivity index (χ2n) is 9.74. The quantitative estimate of drug-likeness (QED) is 0.230. The number of fused-ring (bicyclic) bond motifs is 1. The average Bonchev–Trinajstić information content (AvgIpc) is 3.24. The van der Waals surface area contributed by atoms with Gasteiger partial charge in [0.05, 0.1) is 0 Å². The predicted octanol–water partition coefficient (Wildman–Crippen LogP) is 7.05. The molecule has 37 heavy (non-hydrogen) atoms. The van der Waals surface area contributed by atoms with Crippen LogP contribution in [0.25, 0.3) is 22.0 Å². The zero-order chi connectivity index (χ0) is 25.8. The van der Waals surface area contributed by atoms with Gasteiger partial charge in [-0.2, -0.15) is 0 Å². The summed E-state index contributed by atoms with van der Waals surface area (Å²) < 4.78 is 2.12. The zero-order valence-corrected chi connectivity index (χ0v) is 21.7. The summed E-state index contributed by atoms with van der Waals surface area (Å²) in [5.41, 5.74) is 9.97. The fourth-order valence-electron chi connectivity index (χ4n) is 4.73. The van der Waals surface area contributed by atoms with Crippen molar-refractivity contribution in [3.63, 3.8) is 0 Å². The molecule has 1 aromatic heterocycles. The molecule has 5 rings (SSSR count). The smallest absolute Gasteiger partial charge is 0.255 e. The molecule has 4 heteroatoms. The molecule has 0 aliphatic rings. The summed E-state index contributed by atoms with van der Waals surface area (Å²) in [5.74, 6) is -0.0909. The van der Waals surface area contributed by atoms with Gasteiger partial charge in [0.2, 0.25) is 0 Å². The monoisotopic (exact) mass is 487 g/mol. The van der Waals surface area contributed by atoms with Crippen LogP contribution in [-0.2, 0) is 20.0 Å². The molecular weight excluding hydrogens is 454 g/mol. The molecule has 0 radical (unpaired) electrons. The lowest BCUT2D eigenvalue weighted by Gasteiger charge is -2.09. The summed E-state index contributed by atoms with van der Waals surface area (Å²) in [6.45, 7) is 5.76. The van der Waals surface area contributed by atoms with Crippen LogP contribution < -0.4 is 10.6 Å². The molecule has 4 aromatic carbocycles. The standard InChI is InChI=1S/C33H33N3O/c1-23-9-15-30(19-24(23)2)35-33(37)28-14-16-32-31(20-28)29(22-36(32)3)21-34-18-17-25-10-12-27(13-11-25)26-7-5-4-6-8-26/h4-16,19-20,22,34H,17-18,21H2,1-3H3,(H,35,37). The fraction of sp³-hybridized carbons (Fsp3) is 0.182. The summed E-state index contributed by atoms with van der Waals surface area (Å²) in [6, 6.07) is 31.2. The molecule has 4 nitrogen and oxygen atoms in total. The van der Waals surface area contributed by atoms with Gasteiger partial charge < -0.3 is 15.2 Å². The SMILES string of the molecule is Cc1ccc(NC(=O)c2ccc3c(c2)c(CNCCc2ccc(-c4ccccc4)cc2)cn3C)cc1C. The Morgan fingerprint density at radius 1 is 0.811 bits per heavy atom. The van der Waals surface area contributed by atoms with E-state index in [2.05, 4.69) is 90.8 Å². The van der Waals surface area contributed by atoms with Crippen LogP contribution >= 0.6 is 0 Å². The third kappa shape index (κ3) is 5.65. The summed E-state index contributed by atoms with van der Waals surface area (Å²) in [5, 5.41) is 7.74. The highest BCUT2D eigenvalue weighted by Crippen LogP contribution is 2.24. The van der Waals surface area contributed by atoms with Gasteiger partial charge in [0.1, 0.15) is 0 Å². The predicted molar refractivity (Wildman–Crippen MR) is 154 cm³/mol. The van der Waals surface area contributed by atoms with Crippen molar-refractivity contribution in [2.45, 2.75) is 26.8 Å². The van der Waals surface area contributed by atoms with Crippen LogP contribution in [0.5, 0.6) is 0 Å². The lowest BCUT2D eigenvalue weighted by atomic mass is 10.0. The molecule has 0 bridgehead atoms.